The maximum atomic E-state index is 12.5. The number of benzene rings is 2. The number of para-hydroxylation sites is 1. The highest BCUT2D eigenvalue weighted by Gasteiger charge is 2.13. The lowest BCUT2D eigenvalue weighted by molar-refractivity contribution is 0.0953. The van der Waals surface area contributed by atoms with Crippen molar-refractivity contribution in [1.82, 2.24) is 20.5 Å². The lowest BCUT2D eigenvalue weighted by Crippen LogP contribution is -2.25. The summed E-state index contributed by atoms with van der Waals surface area (Å²) in [6.07, 6.45) is 0.479. The fourth-order valence-corrected chi connectivity index (χ4v) is 3.95. The Bertz CT molecular complexity index is 1310. The Kier molecular flexibility index (Phi) is 6.46. The van der Waals surface area contributed by atoms with E-state index in [2.05, 4.69) is 20.5 Å². The van der Waals surface area contributed by atoms with Gasteiger partial charge >= 0.3 is 4.87 Å². The summed E-state index contributed by atoms with van der Waals surface area (Å²) in [7, 11) is 1.54. The minimum Gasteiger partial charge on any atom is -0.493 e. The van der Waals surface area contributed by atoms with Crippen molar-refractivity contribution in [2.45, 2.75) is 20.0 Å². The molecule has 0 aliphatic heterocycles. The van der Waals surface area contributed by atoms with Crippen LogP contribution in [-0.4, -0.2) is 34.7 Å². The van der Waals surface area contributed by atoms with Crippen LogP contribution in [0.5, 0.6) is 11.5 Å². The van der Waals surface area contributed by atoms with E-state index in [1.807, 2.05) is 37.3 Å². The number of H-pyrrole nitrogens is 1. The summed E-state index contributed by atoms with van der Waals surface area (Å²) in [5, 5.41) is 10.8. The van der Waals surface area contributed by atoms with Gasteiger partial charge in [-0.15, -0.1) is 0 Å². The molecule has 0 unspecified atom stereocenters. The number of aromatic amines is 1. The minimum atomic E-state index is -0.242. The molecule has 0 aliphatic rings. The summed E-state index contributed by atoms with van der Waals surface area (Å²) in [6.45, 7) is 2.67. The summed E-state index contributed by atoms with van der Waals surface area (Å²) in [5.74, 6) is 0.774. The van der Waals surface area contributed by atoms with Crippen LogP contribution < -0.4 is 19.7 Å². The van der Waals surface area contributed by atoms with Crippen LogP contribution >= 0.6 is 11.3 Å². The van der Waals surface area contributed by atoms with Crippen molar-refractivity contribution in [3.63, 3.8) is 0 Å². The molecule has 4 rings (SSSR count). The topological polar surface area (TPSA) is 106 Å². The first-order chi connectivity index (χ1) is 15.5. The molecule has 32 heavy (non-hydrogen) atoms. The molecule has 2 heterocycles. The van der Waals surface area contributed by atoms with E-state index in [1.54, 1.807) is 18.2 Å². The Morgan fingerprint density at radius 3 is 2.78 bits per heavy atom. The van der Waals surface area contributed by atoms with Crippen LogP contribution in [0.4, 0.5) is 0 Å². The van der Waals surface area contributed by atoms with Gasteiger partial charge in [0.25, 0.3) is 5.91 Å². The van der Waals surface area contributed by atoms with Gasteiger partial charge in [-0.25, -0.2) is 5.10 Å². The Hall–Kier alpha value is -3.72. The minimum absolute atomic E-state index is 0.207. The molecule has 0 saturated heterocycles. The molecule has 8 nitrogen and oxygen atoms in total. The number of aryl methyl sites for hydroxylation is 1. The molecule has 2 N–H and O–H groups in total. The fourth-order valence-electron chi connectivity index (χ4n) is 3.35. The second-order valence-corrected chi connectivity index (χ2v) is 8.15. The molecule has 0 spiro atoms. The van der Waals surface area contributed by atoms with E-state index in [0.29, 0.717) is 41.6 Å². The van der Waals surface area contributed by atoms with Gasteiger partial charge in [0.1, 0.15) is 11.6 Å². The number of hydrogen-bond donors (Lipinski definition) is 2. The Balaban J connectivity index is 1.43. The number of nitrogens with one attached hydrogen (secondary N) is 2. The quantitative estimate of drug-likeness (QED) is 0.427. The Morgan fingerprint density at radius 2 is 2.00 bits per heavy atom. The normalized spacial score (nSPS) is 10.8. The highest BCUT2D eigenvalue weighted by Crippen LogP contribution is 2.30. The Labute approximate surface area is 188 Å². The molecular weight excluding hydrogens is 428 g/mol. The van der Waals surface area contributed by atoms with Crippen molar-refractivity contribution in [2.24, 2.45) is 0 Å². The molecule has 2 aromatic carbocycles. The summed E-state index contributed by atoms with van der Waals surface area (Å²) in [6, 6.07) is 15.0. The predicted molar refractivity (Wildman–Crippen MR) is 123 cm³/mol. The maximum Gasteiger partial charge on any atom is 0.322 e. The van der Waals surface area contributed by atoms with Gasteiger partial charge in [0.15, 0.2) is 11.5 Å². The highest BCUT2D eigenvalue weighted by atomic mass is 32.1. The predicted octanol–water partition coefficient (Wildman–Crippen LogP) is 3.25. The Morgan fingerprint density at radius 1 is 1.16 bits per heavy atom. The number of hydrogen-bond acceptors (Lipinski definition) is 7. The van der Waals surface area contributed by atoms with Crippen molar-refractivity contribution in [1.29, 1.82) is 0 Å². The van der Waals surface area contributed by atoms with Crippen LogP contribution in [0.3, 0.4) is 0 Å². The van der Waals surface area contributed by atoms with E-state index in [4.69, 9.17) is 9.47 Å². The zero-order chi connectivity index (χ0) is 22.5. The molecular formula is C23H22N4O4S. The zero-order valence-electron chi connectivity index (χ0n) is 17.7. The lowest BCUT2D eigenvalue weighted by Gasteiger charge is -2.14. The van der Waals surface area contributed by atoms with Gasteiger partial charge in [-0.1, -0.05) is 29.5 Å². The second-order valence-electron chi connectivity index (χ2n) is 7.11. The van der Waals surface area contributed by atoms with E-state index in [0.717, 1.165) is 33.5 Å². The average Bonchev–Trinajstić information content (AvgIpc) is 3.22. The molecule has 1 amide bonds. The molecule has 0 bridgehead atoms. The van der Waals surface area contributed by atoms with Crippen molar-refractivity contribution in [3.05, 3.63) is 80.0 Å². The lowest BCUT2D eigenvalue weighted by atomic mass is 10.1. The van der Waals surface area contributed by atoms with E-state index < -0.39 is 0 Å². The second kappa shape index (κ2) is 9.61. The number of ether oxygens (including phenoxy) is 2. The molecule has 0 aliphatic carbocycles. The molecule has 2 aromatic heterocycles. The van der Waals surface area contributed by atoms with E-state index >= 15 is 0 Å². The molecule has 4 aromatic rings. The molecule has 0 fully saturated rings. The summed E-state index contributed by atoms with van der Waals surface area (Å²) in [5.41, 5.74) is 3.32. The van der Waals surface area contributed by atoms with Gasteiger partial charge in [-0.2, -0.15) is 5.10 Å². The van der Waals surface area contributed by atoms with Gasteiger partial charge in [0, 0.05) is 35.2 Å². The largest absolute Gasteiger partial charge is 0.493 e. The molecule has 0 atom stereocenters. The van der Waals surface area contributed by atoms with Crippen molar-refractivity contribution in [3.8, 4) is 11.5 Å². The maximum absolute atomic E-state index is 12.5. The number of nitrogens with zero attached hydrogens (tertiary/aromatic N) is 2. The van der Waals surface area contributed by atoms with E-state index in [9.17, 15) is 9.59 Å². The first-order valence-electron chi connectivity index (χ1n) is 10.0. The van der Waals surface area contributed by atoms with Crippen molar-refractivity contribution in [2.75, 3.05) is 13.7 Å². The third-order valence-electron chi connectivity index (χ3n) is 4.85. The number of fused-ring (bicyclic) bond motifs is 1. The van der Waals surface area contributed by atoms with E-state index in [1.165, 1.54) is 7.11 Å². The van der Waals surface area contributed by atoms with Crippen LogP contribution in [0.1, 0.15) is 26.6 Å². The number of amides is 1. The summed E-state index contributed by atoms with van der Waals surface area (Å²) < 4.78 is 11.5. The highest BCUT2D eigenvalue weighted by molar-refractivity contribution is 7.08. The molecule has 0 radical (unpaired) electrons. The zero-order valence-corrected chi connectivity index (χ0v) is 18.5. The molecule has 0 saturated carbocycles. The average molecular weight is 451 g/mol. The number of carbonyl (C=O) groups is 1. The third kappa shape index (κ3) is 4.94. The van der Waals surface area contributed by atoms with Gasteiger partial charge in [-0.05, 0) is 37.3 Å². The molecule has 164 valence electrons. The standard InChI is InChI=1S/C23H22N4O4S/c1-14-11-16(17-5-3-4-6-18(17)25-14)13-31-19-8-7-15(12-20(19)30-2)22(28)24-10-9-21-26-27-23(29)32-21/h3-8,11-12H,9-10,13H2,1-2H3,(H,24,28)(H,27,29). The third-order valence-corrected chi connectivity index (χ3v) is 5.65. The van der Waals surface area contributed by atoms with Gasteiger partial charge in [0.2, 0.25) is 0 Å². The number of carbonyl (C=O) groups excluding carboxylic acids is 1. The van der Waals surface area contributed by atoms with Gasteiger partial charge in [0.05, 0.1) is 12.6 Å². The van der Waals surface area contributed by atoms with Crippen LogP contribution in [0.15, 0.2) is 53.3 Å². The first kappa shape index (κ1) is 21.5. The summed E-state index contributed by atoms with van der Waals surface area (Å²) in [4.78, 5) is 28.0. The summed E-state index contributed by atoms with van der Waals surface area (Å²) >= 11 is 1.03. The van der Waals surface area contributed by atoms with E-state index in [-0.39, 0.29) is 10.8 Å². The number of aromatic nitrogens is 3. The monoisotopic (exact) mass is 450 g/mol. The van der Waals surface area contributed by atoms with Crippen LogP contribution in [-0.2, 0) is 13.0 Å². The molecule has 9 heteroatoms. The SMILES string of the molecule is COc1cc(C(=O)NCCc2n[nH]c(=O)s2)ccc1OCc1cc(C)nc2ccccc12. The number of methoxy groups -OCH3 is 1. The van der Waals surface area contributed by atoms with Crippen molar-refractivity contribution < 1.29 is 14.3 Å². The van der Waals surface area contributed by atoms with Gasteiger partial charge < -0.3 is 14.8 Å². The number of rotatable bonds is 8. The van der Waals surface area contributed by atoms with Crippen molar-refractivity contribution >= 4 is 28.1 Å². The fraction of sp³-hybridized carbons (Fsp3) is 0.217. The smallest absolute Gasteiger partial charge is 0.322 e. The van der Waals surface area contributed by atoms with Crippen LogP contribution in [0, 0.1) is 6.92 Å². The number of pyridine rings is 1. The van der Waals surface area contributed by atoms with Gasteiger partial charge in [-0.3, -0.25) is 14.6 Å². The van der Waals surface area contributed by atoms with Crippen LogP contribution in [0.25, 0.3) is 10.9 Å². The first-order valence-corrected chi connectivity index (χ1v) is 10.8. The van der Waals surface area contributed by atoms with Crippen LogP contribution in [0.2, 0.25) is 0 Å².